The van der Waals surface area contributed by atoms with Crippen LogP contribution in [0.15, 0.2) is 29.2 Å². The van der Waals surface area contributed by atoms with Gasteiger partial charge in [0.05, 0.1) is 4.90 Å². The summed E-state index contributed by atoms with van der Waals surface area (Å²) >= 11 is 0. The predicted octanol–water partition coefficient (Wildman–Crippen LogP) is 2.75. The van der Waals surface area contributed by atoms with Gasteiger partial charge >= 0.3 is 0 Å². The predicted molar refractivity (Wildman–Crippen MR) is 85.6 cm³/mol. The number of hydrogen-bond donors (Lipinski definition) is 1. The Hall–Kier alpha value is -0.910. The van der Waals surface area contributed by atoms with Crippen LogP contribution in [0.5, 0.6) is 0 Å². The SMILES string of the molecule is CCNCc1ccccc1S(=O)(=O)N(C)C1CCCCC1. The van der Waals surface area contributed by atoms with Crippen molar-refractivity contribution in [2.24, 2.45) is 0 Å². The lowest BCUT2D eigenvalue weighted by atomic mass is 9.96. The molecule has 0 saturated heterocycles. The molecule has 118 valence electrons. The van der Waals surface area contributed by atoms with Crippen molar-refractivity contribution in [3.8, 4) is 0 Å². The molecule has 1 aromatic rings. The third kappa shape index (κ3) is 3.84. The summed E-state index contributed by atoms with van der Waals surface area (Å²) in [5, 5.41) is 3.21. The number of hydrogen-bond acceptors (Lipinski definition) is 3. The van der Waals surface area contributed by atoms with E-state index in [9.17, 15) is 8.42 Å². The summed E-state index contributed by atoms with van der Waals surface area (Å²) in [6.45, 7) is 3.43. The van der Waals surface area contributed by atoms with Gasteiger partial charge in [0.1, 0.15) is 0 Å². The van der Waals surface area contributed by atoms with Crippen molar-refractivity contribution in [3.05, 3.63) is 29.8 Å². The molecule has 5 heteroatoms. The van der Waals surface area contributed by atoms with E-state index in [4.69, 9.17) is 0 Å². The minimum absolute atomic E-state index is 0.149. The van der Waals surface area contributed by atoms with Gasteiger partial charge in [-0.3, -0.25) is 0 Å². The third-order valence-electron chi connectivity index (χ3n) is 4.28. The Morgan fingerprint density at radius 1 is 1.19 bits per heavy atom. The van der Waals surface area contributed by atoms with E-state index in [2.05, 4.69) is 5.32 Å². The fourth-order valence-corrected chi connectivity index (χ4v) is 4.59. The summed E-state index contributed by atoms with van der Waals surface area (Å²) in [5.74, 6) is 0. The highest BCUT2D eigenvalue weighted by Crippen LogP contribution is 2.27. The van der Waals surface area contributed by atoms with Gasteiger partial charge in [-0.1, -0.05) is 44.4 Å². The molecule has 0 aliphatic heterocycles. The van der Waals surface area contributed by atoms with Crippen LogP contribution >= 0.6 is 0 Å². The number of nitrogens with zero attached hydrogens (tertiary/aromatic N) is 1. The Balaban J connectivity index is 2.25. The van der Waals surface area contributed by atoms with Crippen LogP contribution in [0, 0.1) is 0 Å². The smallest absolute Gasteiger partial charge is 0.243 e. The highest BCUT2D eigenvalue weighted by Gasteiger charge is 2.30. The second-order valence-electron chi connectivity index (χ2n) is 5.70. The van der Waals surface area contributed by atoms with Gasteiger partial charge in [-0.05, 0) is 31.0 Å². The number of nitrogens with one attached hydrogen (secondary N) is 1. The zero-order chi connectivity index (χ0) is 15.3. The Bertz CT molecular complexity index is 551. The van der Waals surface area contributed by atoms with Crippen LogP contribution in [0.3, 0.4) is 0 Å². The van der Waals surface area contributed by atoms with Crippen molar-refractivity contribution in [1.82, 2.24) is 9.62 Å². The van der Waals surface area contributed by atoms with Crippen LogP contribution in [-0.2, 0) is 16.6 Å². The van der Waals surface area contributed by atoms with Crippen molar-refractivity contribution >= 4 is 10.0 Å². The fourth-order valence-electron chi connectivity index (χ4n) is 2.96. The second kappa shape index (κ2) is 7.38. The van der Waals surface area contributed by atoms with Crippen molar-refractivity contribution in [2.75, 3.05) is 13.6 Å². The van der Waals surface area contributed by atoms with Crippen LogP contribution in [0.2, 0.25) is 0 Å². The zero-order valence-electron chi connectivity index (χ0n) is 13.0. The van der Waals surface area contributed by atoms with Gasteiger partial charge in [0.2, 0.25) is 10.0 Å². The summed E-state index contributed by atoms with van der Waals surface area (Å²) < 4.78 is 27.4. The van der Waals surface area contributed by atoms with Crippen LogP contribution in [0.25, 0.3) is 0 Å². The van der Waals surface area contributed by atoms with Gasteiger partial charge in [-0.25, -0.2) is 8.42 Å². The van der Waals surface area contributed by atoms with E-state index in [0.29, 0.717) is 11.4 Å². The summed E-state index contributed by atoms with van der Waals surface area (Å²) in [6.07, 6.45) is 5.44. The molecule has 1 N–H and O–H groups in total. The monoisotopic (exact) mass is 310 g/mol. The molecule has 0 radical (unpaired) electrons. The molecule has 1 aliphatic carbocycles. The standard InChI is InChI=1S/C16H26N2O2S/c1-3-17-13-14-9-7-8-12-16(14)21(19,20)18(2)15-10-5-4-6-11-15/h7-9,12,15,17H,3-6,10-11,13H2,1-2H3. The lowest BCUT2D eigenvalue weighted by molar-refractivity contribution is 0.285. The first-order chi connectivity index (χ1) is 10.1. The van der Waals surface area contributed by atoms with Crippen LogP contribution < -0.4 is 5.32 Å². The molecule has 0 bridgehead atoms. The summed E-state index contributed by atoms with van der Waals surface area (Å²) in [5.41, 5.74) is 0.849. The molecule has 1 saturated carbocycles. The van der Waals surface area contributed by atoms with Crippen molar-refractivity contribution in [3.63, 3.8) is 0 Å². The van der Waals surface area contributed by atoms with Crippen LogP contribution in [0.1, 0.15) is 44.6 Å². The molecular formula is C16H26N2O2S. The summed E-state index contributed by atoms with van der Waals surface area (Å²) in [7, 11) is -1.67. The summed E-state index contributed by atoms with van der Waals surface area (Å²) in [6, 6.07) is 7.46. The van der Waals surface area contributed by atoms with Crippen molar-refractivity contribution < 1.29 is 8.42 Å². The lowest BCUT2D eigenvalue weighted by Gasteiger charge is -2.31. The first kappa shape index (κ1) is 16.5. The topological polar surface area (TPSA) is 49.4 Å². The average molecular weight is 310 g/mol. The quantitative estimate of drug-likeness (QED) is 0.879. The molecular weight excluding hydrogens is 284 g/mol. The van der Waals surface area contributed by atoms with Gasteiger partial charge in [0.15, 0.2) is 0 Å². The molecule has 4 nitrogen and oxygen atoms in total. The normalized spacial score (nSPS) is 17.3. The molecule has 0 heterocycles. The first-order valence-corrected chi connectivity index (χ1v) is 9.28. The Labute approximate surface area is 128 Å². The van der Waals surface area contributed by atoms with E-state index in [-0.39, 0.29) is 6.04 Å². The van der Waals surface area contributed by atoms with E-state index in [1.807, 2.05) is 19.1 Å². The Morgan fingerprint density at radius 2 is 1.86 bits per heavy atom. The molecule has 0 aromatic heterocycles. The van der Waals surface area contributed by atoms with E-state index >= 15 is 0 Å². The van der Waals surface area contributed by atoms with Crippen LogP contribution in [0.4, 0.5) is 0 Å². The van der Waals surface area contributed by atoms with Crippen molar-refractivity contribution in [2.45, 2.75) is 56.5 Å². The lowest BCUT2D eigenvalue weighted by Crippen LogP contribution is -2.38. The second-order valence-corrected chi connectivity index (χ2v) is 7.67. The zero-order valence-corrected chi connectivity index (χ0v) is 13.8. The van der Waals surface area contributed by atoms with Crippen LogP contribution in [-0.4, -0.2) is 32.4 Å². The average Bonchev–Trinajstić information content (AvgIpc) is 2.53. The molecule has 1 aliphatic rings. The summed E-state index contributed by atoms with van der Waals surface area (Å²) in [4.78, 5) is 0.444. The molecule has 21 heavy (non-hydrogen) atoms. The van der Waals surface area contributed by atoms with Gasteiger partial charge in [0, 0.05) is 19.6 Å². The minimum Gasteiger partial charge on any atom is -0.313 e. The van der Waals surface area contributed by atoms with E-state index in [0.717, 1.165) is 37.8 Å². The first-order valence-electron chi connectivity index (χ1n) is 7.84. The molecule has 1 aromatic carbocycles. The number of benzene rings is 1. The van der Waals surface area contributed by atoms with E-state index in [1.165, 1.54) is 6.42 Å². The maximum atomic E-state index is 12.9. The Morgan fingerprint density at radius 3 is 2.52 bits per heavy atom. The maximum absolute atomic E-state index is 12.9. The molecule has 0 unspecified atom stereocenters. The highest BCUT2D eigenvalue weighted by atomic mass is 32.2. The number of sulfonamides is 1. The molecule has 2 rings (SSSR count). The largest absolute Gasteiger partial charge is 0.313 e. The third-order valence-corrected chi connectivity index (χ3v) is 6.29. The van der Waals surface area contributed by atoms with Gasteiger partial charge in [0.25, 0.3) is 0 Å². The van der Waals surface area contributed by atoms with Crippen molar-refractivity contribution in [1.29, 1.82) is 0 Å². The molecule has 0 amide bonds. The number of rotatable bonds is 6. The van der Waals surface area contributed by atoms with E-state index < -0.39 is 10.0 Å². The highest BCUT2D eigenvalue weighted by molar-refractivity contribution is 7.89. The fraction of sp³-hybridized carbons (Fsp3) is 0.625. The van der Waals surface area contributed by atoms with E-state index in [1.54, 1.807) is 23.5 Å². The minimum atomic E-state index is -3.41. The van der Waals surface area contributed by atoms with Gasteiger partial charge in [-0.2, -0.15) is 4.31 Å². The van der Waals surface area contributed by atoms with Gasteiger partial charge < -0.3 is 5.32 Å². The molecule has 0 atom stereocenters. The Kier molecular flexibility index (Phi) is 5.79. The van der Waals surface area contributed by atoms with Gasteiger partial charge in [-0.15, -0.1) is 0 Å². The molecule has 1 fully saturated rings. The molecule has 0 spiro atoms. The maximum Gasteiger partial charge on any atom is 0.243 e.